The van der Waals surface area contributed by atoms with Crippen molar-refractivity contribution in [2.45, 2.75) is 25.9 Å². The Morgan fingerprint density at radius 1 is 1.10 bits per heavy atom. The molecule has 3 aromatic heterocycles. The fourth-order valence-electron chi connectivity index (χ4n) is 3.77. The number of ether oxygens (including phenoxy) is 1. The molecule has 1 aromatic carbocycles. The van der Waals surface area contributed by atoms with Gasteiger partial charge < -0.3 is 9.64 Å². The first-order chi connectivity index (χ1) is 15.1. The Hall–Kier alpha value is -2.88. The van der Waals surface area contributed by atoms with Crippen LogP contribution in [-0.2, 0) is 4.74 Å². The van der Waals surface area contributed by atoms with Gasteiger partial charge in [0.15, 0.2) is 5.82 Å². The fraction of sp³-hybridized carbons (Fsp3) is 0.286. The standard InChI is InChI=1S/C21H20ClN7OS/c1-13-11-30-12-14(2)28(13)21-23-10-17(19(24-21)18-4-3-9-31-18)20-25-26-27-29(20)16-7-5-15(22)6-8-16/h3-10,13-14H,11-12H2,1-2H3/t13-,14+. The SMILES string of the molecule is C[C@@H]1COC[C@H](C)N1c1ncc(-c2nnnn2-c2ccc(Cl)cc2)c(-c2cccs2)n1. The smallest absolute Gasteiger partial charge is 0.226 e. The lowest BCUT2D eigenvalue weighted by Gasteiger charge is -2.38. The van der Waals surface area contributed by atoms with E-state index >= 15 is 0 Å². The molecule has 0 spiro atoms. The molecule has 8 nitrogen and oxygen atoms in total. The Kier molecular flexibility index (Phi) is 5.39. The first-order valence-corrected chi connectivity index (χ1v) is 11.2. The number of rotatable bonds is 4. The number of anilines is 1. The number of aromatic nitrogens is 6. The zero-order chi connectivity index (χ0) is 21.4. The Labute approximate surface area is 188 Å². The van der Waals surface area contributed by atoms with Crippen LogP contribution in [0.2, 0.25) is 5.02 Å². The predicted octanol–water partition coefficient (Wildman–Crippen LogP) is 4.11. The number of morpholine rings is 1. The van der Waals surface area contributed by atoms with Crippen LogP contribution in [0.15, 0.2) is 48.0 Å². The number of halogens is 1. The van der Waals surface area contributed by atoms with Gasteiger partial charge in [0.1, 0.15) is 0 Å². The molecule has 0 bridgehead atoms. The summed E-state index contributed by atoms with van der Waals surface area (Å²) in [4.78, 5) is 12.9. The molecule has 158 valence electrons. The van der Waals surface area contributed by atoms with Crippen LogP contribution in [0.3, 0.4) is 0 Å². The average Bonchev–Trinajstić information content (AvgIpc) is 3.47. The molecule has 1 aliphatic heterocycles. The van der Waals surface area contributed by atoms with Crippen molar-refractivity contribution in [2.24, 2.45) is 0 Å². The first-order valence-electron chi connectivity index (χ1n) is 9.93. The van der Waals surface area contributed by atoms with Gasteiger partial charge in [0.2, 0.25) is 5.95 Å². The normalized spacial score (nSPS) is 19.0. The molecule has 0 saturated carbocycles. The van der Waals surface area contributed by atoms with Crippen LogP contribution in [0.5, 0.6) is 0 Å². The lowest BCUT2D eigenvalue weighted by atomic mass is 10.1. The van der Waals surface area contributed by atoms with E-state index in [1.54, 1.807) is 16.0 Å². The molecule has 0 N–H and O–H groups in total. The first kappa shape index (κ1) is 20.0. The van der Waals surface area contributed by atoms with E-state index in [0.29, 0.717) is 30.0 Å². The maximum Gasteiger partial charge on any atom is 0.226 e. The molecule has 10 heteroatoms. The summed E-state index contributed by atoms with van der Waals surface area (Å²) >= 11 is 7.66. The number of nitrogens with zero attached hydrogens (tertiary/aromatic N) is 7. The molecule has 4 heterocycles. The Morgan fingerprint density at radius 2 is 1.87 bits per heavy atom. The molecule has 4 aromatic rings. The number of benzene rings is 1. The summed E-state index contributed by atoms with van der Waals surface area (Å²) in [6, 6.07) is 11.8. The summed E-state index contributed by atoms with van der Waals surface area (Å²) in [7, 11) is 0. The zero-order valence-corrected chi connectivity index (χ0v) is 18.6. The summed E-state index contributed by atoms with van der Waals surface area (Å²) in [6.07, 6.45) is 1.81. The highest BCUT2D eigenvalue weighted by molar-refractivity contribution is 7.13. The van der Waals surface area contributed by atoms with Gasteiger partial charge >= 0.3 is 0 Å². The molecule has 5 rings (SSSR count). The third-order valence-electron chi connectivity index (χ3n) is 5.21. The van der Waals surface area contributed by atoms with Crippen molar-refractivity contribution in [3.05, 3.63) is 53.0 Å². The molecule has 0 amide bonds. The highest BCUT2D eigenvalue weighted by Gasteiger charge is 2.29. The van der Waals surface area contributed by atoms with E-state index in [1.165, 1.54) is 0 Å². The minimum absolute atomic E-state index is 0.185. The van der Waals surface area contributed by atoms with Crippen LogP contribution in [0, 0.1) is 0 Å². The third-order valence-corrected chi connectivity index (χ3v) is 6.34. The van der Waals surface area contributed by atoms with Crippen LogP contribution in [-0.4, -0.2) is 55.5 Å². The molecule has 0 aliphatic carbocycles. The van der Waals surface area contributed by atoms with Gasteiger partial charge in [0.25, 0.3) is 0 Å². The highest BCUT2D eigenvalue weighted by atomic mass is 35.5. The number of hydrogen-bond donors (Lipinski definition) is 0. The van der Waals surface area contributed by atoms with Crippen molar-refractivity contribution in [3.63, 3.8) is 0 Å². The van der Waals surface area contributed by atoms with Crippen molar-refractivity contribution in [3.8, 4) is 27.6 Å². The van der Waals surface area contributed by atoms with Crippen LogP contribution >= 0.6 is 22.9 Å². The van der Waals surface area contributed by atoms with E-state index in [1.807, 2.05) is 48.0 Å². The van der Waals surface area contributed by atoms with E-state index in [4.69, 9.17) is 26.3 Å². The molecule has 31 heavy (non-hydrogen) atoms. The van der Waals surface area contributed by atoms with Gasteiger partial charge in [-0.05, 0) is 60.0 Å². The third kappa shape index (κ3) is 3.80. The second-order valence-electron chi connectivity index (χ2n) is 7.44. The summed E-state index contributed by atoms with van der Waals surface area (Å²) in [6.45, 7) is 5.55. The summed E-state index contributed by atoms with van der Waals surface area (Å²) in [5.41, 5.74) is 2.37. The fourth-order valence-corrected chi connectivity index (χ4v) is 4.63. The molecule has 1 fully saturated rings. The Bertz CT molecular complexity index is 1170. The molecular weight excluding hydrogens is 434 g/mol. The number of tetrazole rings is 1. The summed E-state index contributed by atoms with van der Waals surface area (Å²) in [5, 5.41) is 15.1. The van der Waals surface area contributed by atoms with Crippen molar-refractivity contribution >= 4 is 28.9 Å². The van der Waals surface area contributed by atoms with Crippen LogP contribution in [0.25, 0.3) is 27.6 Å². The quantitative estimate of drug-likeness (QED) is 0.459. The van der Waals surface area contributed by atoms with Crippen molar-refractivity contribution in [1.82, 2.24) is 30.2 Å². The summed E-state index contributed by atoms with van der Waals surface area (Å²) < 4.78 is 7.34. The summed E-state index contributed by atoms with van der Waals surface area (Å²) in [5.74, 6) is 1.25. The Balaban J connectivity index is 1.64. The van der Waals surface area contributed by atoms with Gasteiger partial charge in [-0.2, -0.15) is 4.68 Å². The van der Waals surface area contributed by atoms with Gasteiger partial charge in [0, 0.05) is 11.2 Å². The topological polar surface area (TPSA) is 81.9 Å². The largest absolute Gasteiger partial charge is 0.377 e. The van der Waals surface area contributed by atoms with Crippen molar-refractivity contribution < 1.29 is 4.74 Å². The minimum atomic E-state index is 0.185. The van der Waals surface area contributed by atoms with E-state index in [0.717, 1.165) is 21.8 Å². The van der Waals surface area contributed by atoms with E-state index in [2.05, 4.69) is 34.3 Å². The van der Waals surface area contributed by atoms with Crippen LogP contribution < -0.4 is 4.90 Å². The zero-order valence-electron chi connectivity index (χ0n) is 17.0. The molecule has 0 unspecified atom stereocenters. The van der Waals surface area contributed by atoms with E-state index < -0.39 is 0 Å². The van der Waals surface area contributed by atoms with E-state index in [-0.39, 0.29) is 12.1 Å². The van der Waals surface area contributed by atoms with Crippen LogP contribution in [0.4, 0.5) is 5.95 Å². The van der Waals surface area contributed by atoms with Gasteiger partial charge in [-0.15, -0.1) is 16.4 Å². The van der Waals surface area contributed by atoms with Crippen molar-refractivity contribution in [2.75, 3.05) is 18.1 Å². The maximum atomic E-state index is 6.04. The predicted molar refractivity (Wildman–Crippen MR) is 121 cm³/mol. The van der Waals surface area contributed by atoms with Gasteiger partial charge in [-0.1, -0.05) is 17.7 Å². The number of thiophene rings is 1. The second-order valence-corrected chi connectivity index (χ2v) is 8.83. The lowest BCUT2D eigenvalue weighted by molar-refractivity contribution is 0.0747. The average molecular weight is 454 g/mol. The number of hydrogen-bond acceptors (Lipinski definition) is 8. The maximum absolute atomic E-state index is 6.04. The van der Waals surface area contributed by atoms with Gasteiger partial charge in [0.05, 0.1) is 47.1 Å². The molecule has 2 atom stereocenters. The van der Waals surface area contributed by atoms with Gasteiger partial charge in [-0.25, -0.2) is 9.97 Å². The molecule has 1 saturated heterocycles. The van der Waals surface area contributed by atoms with Crippen LogP contribution in [0.1, 0.15) is 13.8 Å². The van der Waals surface area contributed by atoms with Gasteiger partial charge in [-0.3, -0.25) is 0 Å². The minimum Gasteiger partial charge on any atom is -0.377 e. The molecule has 1 aliphatic rings. The second kappa shape index (κ2) is 8.33. The monoisotopic (exact) mass is 453 g/mol. The molecule has 0 radical (unpaired) electrons. The van der Waals surface area contributed by atoms with Crippen molar-refractivity contribution in [1.29, 1.82) is 0 Å². The highest BCUT2D eigenvalue weighted by Crippen LogP contribution is 2.34. The van der Waals surface area contributed by atoms with E-state index in [9.17, 15) is 0 Å². The Morgan fingerprint density at radius 3 is 2.58 bits per heavy atom. The molecular formula is C21H20ClN7OS. The lowest BCUT2D eigenvalue weighted by Crippen LogP contribution is -2.50.